The van der Waals surface area contributed by atoms with E-state index >= 15 is 0 Å². The van der Waals surface area contributed by atoms with E-state index in [1.807, 2.05) is 29.3 Å². The lowest BCUT2D eigenvalue weighted by atomic mass is 10.0. The van der Waals surface area contributed by atoms with Gasteiger partial charge in [0, 0.05) is 5.02 Å². The number of hydrogen-bond donors (Lipinski definition) is 3. The van der Waals surface area contributed by atoms with E-state index in [0.717, 1.165) is 27.2 Å². The highest BCUT2D eigenvalue weighted by Crippen LogP contribution is 2.40. The predicted molar refractivity (Wildman–Crippen MR) is 118 cm³/mol. The summed E-state index contributed by atoms with van der Waals surface area (Å²) in [4.78, 5) is 0. The molecule has 0 aliphatic carbocycles. The van der Waals surface area contributed by atoms with E-state index in [-0.39, 0.29) is 17.5 Å². The van der Waals surface area contributed by atoms with E-state index in [1.54, 1.807) is 11.8 Å². The van der Waals surface area contributed by atoms with Gasteiger partial charge in [-0.25, -0.2) is 5.01 Å². The predicted octanol–water partition coefficient (Wildman–Crippen LogP) is 3.95. The molecule has 6 nitrogen and oxygen atoms in total. The quantitative estimate of drug-likeness (QED) is 0.586. The summed E-state index contributed by atoms with van der Waals surface area (Å²) in [7, 11) is 0. The zero-order valence-corrected chi connectivity index (χ0v) is 16.8. The van der Waals surface area contributed by atoms with Crippen LogP contribution in [-0.4, -0.2) is 21.3 Å². The molecule has 144 valence electrons. The van der Waals surface area contributed by atoms with Crippen molar-refractivity contribution in [1.29, 1.82) is 0 Å². The van der Waals surface area contributed by atoms with E-state index in [9.17, 15) is 0 Å². The molecule has 3 N–H and O–H groups in total. The van der Waals surface area contributed by atoms with Crippen molar-refractivity contribution in [2.75, 3.05) is 0 Å². The van der Waals surface area contributed by atoms with Gasteiger partial charge in [-0.15, -0.1) is 0 Å². The second-order valence-electron chi connectivity index (χ2n) is 7.16. The van der Waals surface area contributed by atoms with E-state index in [2.05, 4.69) is 68.9 Å². The number of hydrazone groups is 2. The minimum absolute atomic E-state index is 0.0818. The number of nitrogens with zero attached hydrogens (tertiary/aromatic N) is 3. The van der Waals surface area contributed by atoms with Gasteiger partial charge in [0.05, 0.1) is 11.3 Å². The lowest BCUT2D eigenvalue weighted by Gasteiger charge is -2.31. The van der Waals surface area contributed by atoms with Crippen LogP contribution >= 0.6 is 23.4 Å². The number of rotatable bonds is 2. The summed E-state index contributed by atoms with van der Waals surface area (Å²) < 4.78 is 0. The summed E-state index contributed by atoms with van der Waals surface area (Å²) >= 11 is 7.74. The van der Waals surface area contributed by atoms with Crippen LogP contribution in [0.1, 0.15) is 23.3 Å². The lowest BCUT2D eigenvalue weighted by molar-refractivity contribution is 0.301. The molecule has 3 unspecified atom stereocenters. The average Bonchev–Trinajstić information content (AvgIpc) is 3.33. The fourth-order valence-electron chi connectivity index (χ4n) is 4.01. The summed E-state index contributed by atoms with van der Waals surface area (Å²) in [5.41, 5.74) is 12.4. The standard InChI is InChI=1S/C21H17ClN6S/c22-14-10-8-13(9-11-14)17-18-20(25-23-17)28-21(29-18)26-24-19(27-28)16-7-3-5-12-4-1-2-6-15(12)16/h1-11,17-19,23-24,27H. The van der Waals surface area contributed by atoms with E-state index < -0.39 is 0 Å². The van der Waals surface area contributed by atoms with Gasteiger partial charge in [-0.2, -0.15) is 15.6 Å². The maximum atomic E-state index is 6.04. The summed E-state index contributed by atoms with van der Waals surface area (Å²) in [6.07, 6.45) is -0.138. The largest absolute Gasteiger partial charge is 0.299 e. The van der Waals surface area contributed by atoms with Crippen molar-refractivity contribution >= 4 is 45.1 Å². The van der Waals surface area contributed by atoms with Crippen LogP contribution in [0.5, 0.6) is 0 Å². The molecule has 8 heteroatoms. The molecule has 3 heterocycles. The van der Waals surface area contributed by atoms with E-state index in [4.69, 9.17) is 11.6 Å². The van der Waals surface area contributed by atoms with Gasteiger partial charge in [0.2, 0.25) is 5.17 Å². The molecule has 3 aliphatic rings. The van der Waals surface area contributed by atoms with Gasteiger partial charge in [0.1, 0.15) is 6.17 Å². The fraction of sp³-hybridized carbons (Fsp3) is 0.143. The molecule has 3 atom stereocenters. The molecule has 0 bridgehead atoms. The van der Waals surface area contributed by atoms with Crippen molar-refractivity contribution < 1.29 is 0 Å². The van der Waals surface area contributed by atoms with Gasteiger partial charge < -0.3 is 0 Å². The lowest BCUT2D eigenvalue weighted by Crippen LogP contribution is -2.52. The molecule has 29 heavy (non-hydrogen) atoms. The second-order valence-corrected chi connectivity index (χ2v) is 8.70. The molecule has 0 amide bonds. The third-order valence-corrected chi connectivity index (χ3v) is 6.91. The van der Waals surface area contributed by atoms with Crippen LogP contribution in [-0.2, 0) is 0 Å². The van der Waals surface area contributed by atoms with Crippen molar-refractivity contribution in [2.24, 2.45) is 10.2 Å². The Morgan fingerprint density at radius 2 is 1.72 bits per heavy atom. The Morgan fingerprint density at radius 3 is 2.62 bits per heavy atom. The van der Waals surface area contributed by atoms with Crippen molar-refractivity contribution in [3.05, 3.63) is 82.9 Å². The number of amidine groups is 2. The first-order valence-electron chi connectivity index (χ1n) is 9.40. The molecular weight excluding hydrogens is 404 g/mol. The van der Waals surface area contributed by atoms with Crippen LogP contribution in [0.3, 0.4) is 0 Å². The zero-order chi connectivity index (χ0) is 19.4. The number of halogens is 1. The van der Waals surface area contributed by atoms with Gasteiger partial charge in [0.15, 0.2) is 5.84 Å². The maximum absolute atomic E-state index is 6.04. The number of benzene rings is 3. The van der Waals surface area contributed by atoms with Crippen LogP contribution in [0, 0.1) is 0 Å². The molecule has 3 aromatic carbocycles. The minimum atomic E-state index is -0.138. The summed E-state index contributed by atoms with van der Waals surface area (Å²) in [6, 6.07) is 22.7. The monoisotopic (exact) mass is 420 g/mol. The third kappa shape index (κ3) is 2.77. The zero-order valence-electron chi connectivity index (χ0n) is 15.2. The van der Waals surface area contributed by atoms with Gasteiger partial charge in [-0.3, -0.25) is 10.9 Å². The Labute approximate surface area is 177 Å². The first-order valence-corrected chi connectivity index (χ1v) is 10.7. The molecule has 0 radical (unpaired) electrons. The number of thioether (sulfide) groups is 1. The second kappa shape index (κ2) is 6.66. The van der Waals surface area contributed by atoms with Crippen molar-refractivity contribution in [1.82, 2.24) is 21.3 Å². The highest BCUT2D eigenvalue weighted by Gasteiger charge is 2.47. The summed E-state index contributed by atoms with van der Waals surface area (Å²) in [6.45, 7) is 0. The first-order chi connectivity index (χ1) is 14.3. The summed E-state index contributed by atoms with van der Waals surface area (Å²) in [5.74, 6) is 0.945. The molecular formula is C21H17ClN6S. The fourth-order valence-corrected chi connectivity index (χ4v) is 5.34. The van der Waals surface area contributed by atoms with Crippen molar-refractivity contribution in [3.8, 4) is 0 Å². The number of hydrogen-bond acceptors (Lipinski definition) is 7. The van der Waals surface area contributed by atoms with E-state index in [1.165, 1.54) is 10.8 Å². The number of fused-ring (bicyclic) bond motifs is 4. The molecule has 0 saturated carbocycles. The summed E-state index contributed by atoms with van der Waals surface area (Å²) in [5, 5.41) is 15.4. The molecule has 0 spiro atoms. The van der Waals surface area contributed by atoms with Crippen molar-refractivity contribution in [2.45, 2.75) is 17.5 Å². The molecule has 3 aromatic rings. The minimum Gasteiger partial charge on any atom is -0.299 e. The Bertz CT molecular complexity index is 1160. The SMILES string of the molecule is Clc1ccc(C2NN=C3C2SC2=NNC(c4cccc5ccccc45)NN23)cc1. The highest BCUT2D eigenvalue weighted by atomic mass is 35.5. The van der Waals surface area contributed by atoms with Crippen LogP contribution in [0.15, 0.2) is 76.9 Å². The molecule has 3 aliphatic heterocycles. The van der Waals surface area contributed by atoms with Gasteiger partial charge in [0.25, 0.3) is 0 Å². The molecule has 0 aromatic heterocycles. The third-order valence-electron chi connectivity index (χ3n) is 5.44. The average molecular weight is 421 g/mol. The Balaban J connectivity index is 1.29. The Hall–Kier alpha value is -2.74. The van der Waals surface area contributed by atoms with Gasteiger partial charge >= 0.3 is 0 Å². The van der Waals surface area contributed by atoms with Crippen LogP contribution in [0.2, 0.25) is 5.02 Å². The van der Waals surface area contributed by atoms with Gasteiger partial charge in [-0.1, -0.05) is 78.0 Å². The topological polar surface area (TPSA) is 64.0 Å². The number of nitrogens with one attached hydrogen (secondary N) is 3. The normalized spacial score (nSPS) is 25.0. The molecule has 1 fully saturated rings. The van der Waals surface area contributed by atoms with Crippen LogP contribution in [0.25, 0.3) is 10.8 Å². The maximum Gasteiger partial charge on any atom is 0.204 e. The van der Waals surface area contributed by atoms with Crippen LogP contribution < -0.4 is 16.3 Å². The van der Waals surface area contributed by atoms with Crippen molar-refractivity contribution in [3.63, 3.8) is 0 Å². The highest BCUT2D eigenvalue weighted by molar-refractivity contribution is 8.15. The van der Waals surface area contributed by atoms with Gasteiger partial charge in [-0.05, 0) is 34.0 Å². The number of hydrazine groups is 1. The van der Waals surface area contributed by atoms with E-state index in [0.29, 0.717) is 0 Å². The molecule has 6 rings (SSSR count). The first kappa shape index (κ1) is 17.1. The Kier molecular flexibility index (Phi) is 3.94. The Morgan fingerprint density at radius 1 is 0.897 bits per heavy atom. The van der Waals surface area contributed by atoms with Crippen LogP contribution in [0.4, 0.5) is 0 Å². The molecule has 1 saturated heterocycles. The smallest absolute Gasteiger partial charge is 0.204 e.